The van der Waals surface area contributed by atoms with Crippen LogP contribution in [0.5, 0.6) is 0 Å². The van der Waals surface area contributed by atoms with Gasteiger partial charge in [-0.2, -0.15) is 5.26 Å². The van der Waals surface area contributed by atoms with E-state index in [2.05, 4.69) is 116 Å². The van der Waals surface area contributed by atoms with Gasteiger partial charge < -0.3 is 20.6 Å². The van der Waals surface area contributed by atoms with Gasteiger partial charge in [0.2, 0.25) is 8.32 Å². The number of hydrogen-bond donors (Lipinski definition) is 0. The summed E-state index contributed by atoms with van der Waals surface area (Å²) in [5, 5.41) is 10.3. The molecule has 0 saturated carbocycles. The Labute approximate surface area is 275 Å². The minimum absolute atomic E-state index is 0.667. The number of nitrogens with zero attached hydrogens (tertiary/aromatic N) is 1. The van der Waals surface area contributed by atoms with E-state index < -0.39 is 50.9 Å². The van der Waals surface area contributed by atoms with Crippen molar-refractivity contribution in [3.05, 3.63) is 54.1 Å². The fourth-order valence-electron chi connectivity index (χ4n) is 6.20. The molecule has 6 nitrogen and oxygen atoms in total. The van der Waals surface area contributed by atoms with Gasteiger partial charge in [0.1, 0.15) is 0 Å². The zero-order valence-electron chi connectivity index (χ0n) is 29.8. The fraction of sp³-hybridized carbons (Fsp3) is 0.594. The Bertz CT molecular complexity index is 1230. The van der Waals surface area contributed by atoms with Crippen LogP contribution in [0, 0.1) is 11.3 Å². The first-order valence-electron chi connectivity index (χ1n) is 16.2. The Balaban J connectivity index is 2.01. The maximum Gasteiger partial charge on any atom is 0.314 e. The highest BCUT2D eigenvalue weighted by Crippen LogP contribution is 2.29. The molecule has 0 N–H and O–H groups in total. The summed E-state index contributed by atoms with van der Waals surface area (Å²) < 4.78 is 34.1. The van der Waals surface area contributed by atoms with Gasteiger partial charge in [0.15, 0.2) is 8.32 Å². The van der Waals surface area contributed by atoms with Crippen LogP contribution in [0.3, 0.4) is 0 Å². The summed E-state index contributed by atoms with van der Waals surface area (Å²) in [5.74, 6) is 0. The molecule has 0 aliphatic carbocycles. The van der Waals surface area contributed by atoms with Crippen molar-refractivity contribution in [3.8, 4) is 17.2 Å². The smallest absolute Gasteiger partial charge is 0.314 e. The highest BCUT2D eigenvalue weighted by Gasteiger charge is 2.47. The average Bonchev–Trinajstić information content (AvgIpc) is 2.85. The van der Waals surface area contributed by atoms with Crippen LogP contribution in [0.4, 0.5) is 0 Å². The van der Waals surface area contributed by atoms with Gasteiger partial charge >= 0.3 is 34.2 Å². The third-order valence-electron chi connectivity index (χ3n) is 7.31. The molecule has 44 heavy (non-hydrogen) atoms. The molecule has 246 valence electrons. The molecule has 0 aliphatic rings. The van der Waals surface area contributed by atoms with Crippen molar-refractivity contribution >= 4 is 56.1 Å². The average molecular weight is 706 g/mol. The van der Waals surface area contributed by atoms with Gasteiger partial charge in [-0.25, -0.2) is 0 Å². The molecule has 0 bridgehead atoms. The molecular formula is C32H59NO5Si6. The quantitative estimate of drug-likeness (QED) is 0.114. The normalized spacial score (nSPS) is 13.6. The van der Waals surface area contributed by atoms with E-state index in [-0.39, 0.29) is 0 Å². The monoisotopic (exact) mass is 705 g/mol. The first kappa shape index (κ1) is 39.2. The van der Waals surface area contributed by atoms with Gasteiger partial charge in [-0.1, -0.05) is 75.4 Å². The molecule has 0 unspecified atom stereocenters. The fourth-order valence-corrected chi connectivity index (χ4v) is 35.8. The molecule has 0 amide bonds. The highest BCUT2D eigenvalue weighted by molar-refractivity contribution is 6.94. The zero-order valence-corrected chi connectivity index (χ0v) is 35.8. The summed E-state index contributed by atoms with van der Waals surface area (Å²) in [7, 11) is -14.1. The maximum atomic E-state index is 9.09. The highest BCUT2D eigenvalue weighted by atomic mass is 28.5. The van der Waals surface area contributed by atoms with Crippen molar-refractivity contribution in [1.82, 2.24) is 0 Å². The SMILES string of the molecule is CCCCCCC[Si](C)(C)O[Si](C)(C)O[Si](C)(C)O[Si](C)(C)O[Si](C)(C)O[Si](C)(C)c1ccc(-c2ccc(C#N)cc2)cc1. The Morgan fingerprint density at radius 2 is 0.932 bits per heavy atom. The van der Waals surface area contributed by atoms with Gasteiger partial charge in [0, 0.05) is 0 Å². The second-order valence-corrected chi connectivity index (χ2v) is 37.7. The molecule has 2 aromatic carbocycles. The minimum Gasteiger partial charge on any atom is -0.436 e. The van der Waals surface area contributed by atoms with Crippen LogP contribution in [0.15, 0.2) is 48.5 Å². The Kier molecular flexibility index (Phi) is 14.0. The predicted octanol–water partition coefficient (Wildman–Crippen LogP) is 9.70. The molecule has 0 aromatic heterocycles. The first-order valence-corrected chi connectivity index (χ1v) is 33.5. The largest absolute Gasteiger partial charge is 0.436 e. The third kappa shape index (κ3) is 13.8. The second kappa shape index (κ2) is 15.7. The Morgan fingerprint density at radius 3 is 1.39 bits per heavy atom. The van der Waals surface area contributed by atoms with Gasteiger partial charge in [-0.3, -0.25) is 0 Å². The van der Waals surface area contributed by atoms with Crippen LogP contribution < -0.4 is 5.19 Å². The number of unbranched alkanes of at least 4 members (excludes halogenated alkanes) is 4. The van der Waals surface area contributed by atoms with Gasteiger partial charge in [0.25, 0.3) is 0 Å². The van der Waals surface area contributed by atoms with Crippen molar-refractivity contribution in [2.24, 2.45) is 0 Å². The van der Waals surface area contributed by atoms with Crippen molar-refractivity contribution in [2.75, 3.05) is 0 Å². The lowest BCUT2D eigenvalue weighted by Crippen LogP contribution is -2.61. The molecule has 12 heteroatoms. The standard InChI is InChI=1S/C32H59NO5Si6/c1-14-15-16-17-18-27-39(2,3)34-41(6,7)36-43(10,11)38-44(12,13)37-42(8,9)35-40(4,5)32-25-23-31(24-26-32)30-21-19-29(28-33)20-22-30/h19-26H,14-18,27H2,1-13H3. The molecule has 0 radical (unpaired) electrons. The van der Waals surface area contributed by atoms with Crippen LogP contribution in [-0.2, 0) is 20.6 Å². The van der Waals surface area contributed by atoms with E-state index in [1.165, 1.54) is 43.3 Å². The van der Waals surface area contributed by atoms with E-state index in [4.69, 9.17) is 25.8 Å². The summed E-state index contributed by atoms with van der Waals surface area (Å²) >= 11 is 0. The summed E-state index contributed by atoms with van der Waals surface area (Å²) in [6.45, 7) is 28.5. The molecule has 0 spiro atoms. The predicted molar refractivity (Wildman–Crippen MR) is 200 cm³/mol. The topological polar surface area (TPSA) is 69.9 Å². The lowest BCUT2D eigenvalue weighted by molar-refractivity contribution is 0.282. The number of nitriles is 1. The third-order valence-corrected chi connectivity index (χ3v) is 30.6. The summed E-state index contributed by atoms with van der Waals surface area (Å²) in [5.41, 5.74) is 2.89. The maximum absolute atomic E-state index is 9.09. The first-order chi connectivity index (χ1) is 20.1. The van der Waals surface area contributed by atoms with Crippen LogP contribution in [0.2, 0.25) is 84.6 Å². The lowest BCUT2D eigenvalue weighted by atomic mass is 10.0. The molecule has 2 aromatic rings. The minimum atomic E-state index is -2.58. The lowest BCUT2D eigenvalue weighted by Gasteiger charge is -2.43. The molecule has 2 rings (SSSR count). The molecule has 0 heterocycles. The number of rotatable bonds is 18. The Morgan fingerprint density at radius 1 is 0.523 bits per heavy atom. The molecule has 0 fully saturated rings. The number of benzene rings is 2. The molecular weight excluding hydrogens is 647 g/mol. The van der Waals surface area contributed by atoms with E-state index >= 15 is 0 Å². The second-order valence-electron chi connectivity index (χ2n) is 14.8. The molecule has 0 saturated heterocycles. The van der Waals surface area contributed by atoms with Gasteiger partial charge in [-0.05, 0) is 113 Å². The van der Waals surface area contributed by atoms with Crippen molar-refractivity contribution in [2.45, 2.75) is 124 Å². The summed E-state index contributed by atoms with van der Waals surface area (Å²) in [6.07, 6.45) is 6.46. The number of hydrogen-bond acceptors (Lipinski definition) is 6. The Hall–Kier alpha value is -0.969. The van der Waals surface area contributed by atoms with Crippen molar-refractivity contribution in [3.63, 3.8) is 0 Å². The summed E-state index contributed by atoms with van der Waals surface area (Å²) in [4.78, 5) is 0. The van der Waals surface area contributed by atoms with E-state index in [9.17, 15) is 0 Å². The van der Waals surface area contributed by atoms with E-state index in [0.29, 0.717) is 5.56 Å². The molecule has 0 aliphatic heterocycles. The van der Waals surface area contributed by atoms with E-state index in [1.807, 2.05) is 24.3 Å². The molecule has 0 atom stereocenters. The van der Waals surface area contributed by atoms with Gasteiger partial charge in [-0.15, -0.1) is 0 Å². The van der Waals surface area contributed by atoms with Crippen LogP contribution in [0.1, 0.15) is 44.6 Å². The van der Waals surface area contributed by atoms with Crippen LogP contribution in [0.25, 0.3) is 11.1 Å². The van der Waals surface area contributed by atoms with E-state index in [1.54, 1.807) is 0 Å². The van der Waals surface area contributed by atoms with Crippen molar-refractivity contribution < 1.29 is 20.6 Å². The van der Waals surface area contributed by atoms with Crippen LogP contribution >= 0.6 is 0 Å². The van der Waals surface area contributed by atoms with Crippen molar-refractivity contribution in [1.29, 1.82) is 5.26 Å². The zero-order chi connectivity index (χ0) is 33.5. The van der Waals surface area contributed by atoms with Gasteiger partial charge in [0.05, 0.1) is 11.6 Å². The summed E-state index contributed by atoms with van der Waals surface area (Å²) in [6, 6.07) is 19.7. The van der Waals surface area contributed by atoms with Crippen LogP contribution in [-0.4, -0.2) is 50.9 Å². The van der Waals surface area contributed by atoms with E-state index in [0.717, 1.165) is 11.1 Å².